The number of hydrogen-bond acceptors (Lipinski definition) is 4. The lowest BCUT2D eigenvalue weighted by Crippen LogP contribution is -2.55. The zero-order valence-corrected chi connectivity index (χ0v) is 35.0. The third kappa shape index (κ3) is 4.65. The van der Waals surface area contributed by atoms with E-state index in [1.165, 1.54) is 71.0 Å². The van der Waals surface area contributed by atoms with E-state index in [0.717, 1.165) is 62.3 Å². The van der Waals surface area contributed by atoms with Crippen molar-refractivity contribution in [2.24, 2.45) is 23.7 Å². The minimum absolute atomic E-state index is 0.142. The lowest BCUT2D eigenvalue weighted by atomic mass is 9.43. The Kier molecular flexibility index (Phi) is 7.04. The standard InChI is InChI=1S/C58H45N3O/c1-57(2)47-17-10-15-41(51(47)45-25-26-48-52(53(45)57)44-14-6-8-16-46(44)58(48)39-28-33-27-34(30-39)31-40(58)29-33)35-19-21-37(22-20-35)55-59-54(36-11-4-3-5-12-36)60-56(61-55)38-23-24-43-42-13-7-9-18-49(42)62-50(43)32-38/h3-26,32-34,39-40H,27-31H2,1-2H3. The molecule has 0 radical (unpaired) electrons. The fourth-order valence-corrected chi connectivity index (χ4v) is 13.9. The number of fused-ring (bicyclic) bond motifs is 10. The van der Waals surface area contributed by atoms with Crippen LogP contribution in [0.1, 0.15) is 68.2 Å². The molecule has 9 aromatic rings. The summed E-state index contributed by atoms with van der Waals surface area (Å²) in [7, 11) is 0. The van der Waals surface area contributed by atoms with Gasteiger partial charge < -0.3 is 4.42 Å². The van der Waals surface area contributed by atoms with E-state index in [4.69, 9.17) is 19.4 Å². The first kappa shape index (κ1) is 35.0. The van der Waals surface area contributed by atoms with Crippen molar-refractivity contribution in [1.29, 1.82) is 0 Å². The fraction of sp³-hybridized carbons (Fsp3) is 0.224. The molecule has 2 aromatic heterocycles. The molecule has 7 aromatic carbocycles. The maximum Gasteiger partial charge on any atom is 0.164 e. The van der Waals surface area contributed by atoms with Gasteiger partial charge in [0.05, 0.1) is 0 Å². The topological polar surface area (TPSA) is 51.8 Å². The molecule has 62 heavy (non-hydrogen) atoms. The van der Waals surface area contributed by atoms with Crippen molar-refractivity contribution in [3.63, 3.8) is 0 Å². The number of hydrogen-bond donors (Lipinski definition) is 0. The first-order valence-electron chi connectivity index (χ1n) is 22.7. The van der Waals surface area contributed by atoms with Crippen LogP contribution in [-0.2, 0) is 10.8 Å². The number of nitrogens with zero attached hydrogens (tertiary/aromatic N) is 3. The Morgan fingerprint density at radius 2 is 1.03 bits per heavy atom. The van der Waals surface area contributed by atoms with Crippen molar-refractivity contribution in [2.75, 3.05) is 0 Å². The van der Waals surface area contributed by atoms with Gasteiger partial charge in [0.2, 0.25) is 0 Å². The molecule has 0 amide bonds. The molecule has 298 valence electrons. The summed E-state index contributed by atoms with van der Waals surface area (Å²) < 4.78 is 6.28. The minimum Gasteiger partial charge on any atom is -0.456 e. The van der Waals surface area contributed by atoms with Gasteiger partial charge >= 0.3 is 0 Å². The maximum absolute atomic E-state index is 6.28. The van der Waals surface area contributed by atoms with E-state index in [1.54, 1.807) is 16.7 Å². The molecular formula is C58H45N3O. The molecule has 6 aliphatic rings. The van der Waals surface area contributed by atoms with E-state index in [-0.39, 0.29) is 10.8 Å². The van der Waals surface area contributed by atoms with E-state index >= 15 is 0 Å². The second kappa shape index (κ2) is 12.5. The molecule has 1 spiro atoms. The third-order valence-electron chi connectivity index (χ3n) is 16.1. The smallest absolute Gasteiger partial charge is 0.164 e. The number of furan rings is 1. The molecular weight excluding hydrogens is 755 g/mol. The highest BCUT2D eigenvalue weighted by Gasteiger charge is 2.62. The van der Waals surface area contributed by atoms with Crippen LogP contribution in [0, 0.1) is 23.7 Å². The Balaban J connectivity index is 0.884. The van der Waals surface area contributed by atoms with E-state index < -0.39 is 0 Å². The number of benzene rings is 7. The number of rotatable bonds is 4. The Bertz CT molecular complexity index is 3310. The molecule has 4 saturated carbocycles. The summed E-state index contributed by atoms with van der Waals surface area (Å²) in [5, 5.41) is 2.18. The van der Waals surface area contributed by atoms with Crippen LogP contribution >= 0.6 is 0 Å². The van der Waals surface area contributed by atoms with Crippen LogP contribution in [0.3, 0.4) is 0 Å². The average molecular weight is 800 g/mol. The van der Waals surface area contributed by atoms with Crippen LogP contribution in [0.5, 0.6) is 0 Å². The molecule has 4 nitrogen and oxygen atoms in total. The van der Waals surface area contributed by atoms with Crippen molar-refractivity contribution in [1.82, 2.24) is 15.0 Å². The summed E-state index contributed by atoms with van der Waals surface area (Å²) in [6, 6.07) is 55.2. The highest BCUT2D eigenvalue weighted by Crippen LogP contribution is 2.71. The lowest BCUT2D eigenvalue weighted by Gasteiger charge is -2.61. The Morgan fingerprint density at radius 1 is 0.435 bits per heavy atom. The van der Waals surface area contributed by atoms with Gasteiger partial charge in [-0.05, 0) is 130 Å². The predicted molar refractivity (Wildman–Crippen MR) is 250 cm³/mol. The largest absolute Gasteiger partial charge is 0.456 e. The second-order valence-electron chi connectivity index (χ2n) is 19.5. The first-order chi connectivity index (χ1) is 30.4. The molecule has 6 aliphatic carbocycles. The summed E-state index contributed by atoms with van der Waals surface area (Å²) in [5.41, 5.74) is 19.0. The highest BCUT2D eigenvalue weighted by molar-refractivity contribution is 6.06. The second-order valence-corrected chi connectivity index (χ2v) is 19.5. The van der Waals surface area contributed by atoms with E-state index in [2.05, 4.69) is 129 Å². The predicted octanol–water partition coefficient (Wildman–Crippen LogP) is 14.5. The van der Waals surface area contributed by atoms with Crippen LogP contribution in [0.2, 0.25) is 0 Å². The van der Waals surface area contributed by atoms with Gasteiger partial charge in [-0.1, -0.05) is 147 Å². The average Bonchev–Trinajstić information content (AvgIpc) is 3.91. The molecule has 0 unspecified atom stereocenters. The van der Waals surface area contributed by atoms with Crippen molar-refractivity contribution in [2.45, 2.75) is 56.8 Å². The fourth-order valence-electron chi connectivity index (χ4n) is 13.9. The summed E-state index contributed by atoms with van der Waals surface area (Å²) in [4.78, 5) is 15.2. The summed E-state index contributed by atoms with van der Waals surface area (Å²) in [6.07, 6.45) is 7.08. The van der Waals surface area contributed by atoms with Crippen LogP contribution in [0.15, 0.2) is 156 Å². The molecule has 4 heteroatoms. The highest BCUT2D eigenvalue weighted by atomic mass is 16.3. The SMILES string of the molecule is CC1(C)c2cccc(-c3ccc(-c4nc(-c5ccccc5)nc(-c5ccc6c(c5)oc5ccccc56)n4)cc3)c2-c2ccc3c(c21)-c1ccccc1C31C2CC3CC(C2)CC1C3. The van der Waals surface area contributed by atoms with Gasteiger partial charge in [0.15, 0.2) is 17.5 Å². The molecule has 4 fully saturated rings. The van der Waals surface area contributed by atoms with Gasteiger partial charge in [-0.3, -0.25) is 0 Å². The molecule has 15 rings (SSSR count). The Labute approximate surface area is 361 Å². The van der Waals surface area contributed by atoms with Gasteiger partial charge in [-0.25, -0.2) is 15.0 Å². The third-order valence-corrected chi connectivity index (χ3v) is 16.1. The quantitative estimate of drug-likeness (QED) is 0.178. The van der Waals surface area contributed by atoms with Crippen LogP contribution in [0.4, 0.5) is 0 Å². The minimum atomic E-state index is -0.142. The molecule has 0 N–H and O–H groups in total. The van der Waals surface area contributed by atoms with Gasteiger partial charge in [0.1, 0.15) is 11.2 Å². The monoisotopic (exact) mass is 799 g/mol. The summed E-state index contributed by atoms with van der Waals surface area (Å²) in [6.45, 7) is 4.95. The van der Waals surface area contributed by atoms with Crippen molar-refractivity contribution in [3.8, 4) is 67.5 Å². The molecule has 2 heterocycles. The van der Waals surface area contributed by atoms with Gasteiger partial charge in [0, 0.05) is 38.3 Å². The molecule has 0 aliphatic heterocycles. The van der Waals surface area contributed by atoms with Gasteiger partial charge in [-0.2, -0.15) is 0 Å². The summed E-state index contributed by atoms with van der Waals surface area (Å²) in [5.74, 6) is 5.27. The zero-order chi connectivity index (χ0) is 40.9. The number of para-hydroxylation sites is 1. The van der Waals surface area contributed by atoms with E-state index in [9.17, 15) is 0 Å². The maximum atomic E-state index is 6.28. The van der Waals surface area contributed by atoms with E-state index in [0.29, 0.717) is 17.5 Å². The van der Waals surface area contributed by atoms with Gasteiger partial charge in [0.25, 0.3) is 0 Å². The molecule has 4 bridgehead atoms. The number of aromatic nitrogens is 3. The van der Waals surface area contributed by atoms with Crippen molar-refractivity contribution in [3.05, 3.63) is 174 Å². The molecule has 0 saturated heterocycles. The van der Waals surface area contributed by atoms with Crippen LogP contribution in [0.25, 0.3) is 89.5 Å². The van der Waals surface area contributed by atoms with Gasteiger partial charge in [-0.15, -0.1) is 0 Å². The summed E-state index contributed by atoms with van der Waals surface area (Å²) >= 11 is 0. The van der Waals surface area contributed by atoms with E-state index in [1.807, 2.05) is 36.4 Å². The van der Waals surface area contributed by atoms with Crippen LogP contribution in [-0.4, -0.2) is 15.0 Å². The van der Waals surface area contributed by atoms with Crippen molar-refractivity contribution < 1.29 is 4.42 Å². The Morgan fingerprint density at radius 3 is 1.81 bits per heavy atom. The zero-order valence-electron chi connectivity index (χ0n) is 35.0. The normalized spacial score (nSPS) is 23.2. The van der Waals surface area contributed by atoms with Crippen molar-refractivity contribution >= 4 is 21.9 Å². The first-order valence-corrected chi connectivity index (χ1v) is 22.7. The van der Waals surface area contributed by atoms with Crippen LogP contribution < -0.4 is 0 Å². The Hall–Kier alpha value is -6.65. The lowest BCUT2D eigenvalue weighted by molar-refractivity contribution is -0.0399. The molecule has 0 atom stereocenters.